The van der Waals surface area contributed by atoms with Crippen LogP contribution >= 0.6 is 0 Å². The van der Waals surface area contributed by atoms with E-state index >= 15 is 0 Å². The van der Waals surface area contributed by atoms with E-state index in [9.17, 15) is 22.0 Å². The molecule has 0 amide bonds. The van der Waals surface area contributed by atoms with E-state index in [1.807, 2.05) is 6.92 Å². The molecular formula is C28H25F5O. The molecule has 0 saturated carbocycles. The van der Waals surface area contributed by atoms with Crippen LogP contribution in [0.25, 0.3) is 16.7 Å². The number of aryl methyl sites for hydroxylation is 1. The molecule has 0 aliphatic heterocycles. The maximum Gasteiger partial charge on any atom is 0.201 e. The maximum absolute atomic E-state index is 15.0. The molecule has 0 fully saturated rings. The highest BCUT2D eigenvalue weighted by atomic mass is 19.2. The fourth-order valence-corrected chi connectivity index (χ4v) is 4.43. The Morgan fingerprint density at radius 1 is 0.765 bits per heavy atom. The van der Waals surface area contributed by atoms with Gasteiger partial charge in [-0.15, -0.1) is 0 Å². The van der Waals surface area contributed by atoms with Crippen LogP contribution < -0.4 is 4.74 Å². The highest BCUT2D eigenvalue weighted by Crippen LogP contribution is 2.36. The molecule has 1 nitrogen and oxygen atoms in total. The summed E-state index contributed by atoms with van der Waals surface area (Å²) in [5, 5.41) is 0. The summed E-state index contributed by atoms with van der Waals surface area (Å²) >= 11 is 0. The van der Waals surface area contributed by atoms with Gasteiger partial charge in [0, 0.05) is 16.7 Å². The van der Waals surface area contributed by atoms with Gasteiger partial charge in [0.25, 0.3) is 0 Å². The van der Waals surface area contributed by atoms with Crippen molar-refractivity contribution in [1.29, 1.82) is 0 Å². The van der Waals surface area contributed by atoms with Gasteiger partial charge < -0.3 is 4.74 Å². The van der Waals surface area contributed by atoms with Crippen LogP contribution in [0.3, 0.4) is 0 Å². The third kappa shape index (κ3) is 4.46. The van der Waals surface area contributed by atoms with Crippen molar-refractivity contribution in [3.05, 3.63) is 93.8 Å². The molecule has 0 atom stereocenters. The van der Waals surface area contributed by atoms with E-state index in [1.165, 1.54) is 31.4 Å². The van der Waals surface area contributed by atoms with Crippen LogP contribution in [0.4, 0.5) is 22.0 Å². The van der Waals surface area contributed by atoms with Gasteiger partial charge >= 0.3 is 0 Å². The molecule has 0 radical (unpaired) electrons. The third-order valence-corrected chi connectivity index (χ3v) is 6.35. The minimum Gasteiger partial charge on any atom is -0.494 e. The number of halogens is 5. The molecule has 1 aliphatic carbocycles. The summed E-state index contributed by atoms with van der Waals surface area (Å²) in [4.78, 5) is 0. The highest BCUT2D eigenvalue weighted by molar-refractivity contribution is 5.74. The highest BCUT2D eigenvalue weighted by Gasteiger charge is 2.23. The summed E-state index contributed by atoms with van der Waals surface area (Å²) in [6.07, 6.45) is 5.52. The van der Waals surface area contributed by atoms with Crippen molar-refractivity contribution in [1.82, 2.24) is 0 Å². The van der Waals surface area contributed by atoms with E-state index in [0.717, 1.165) is 19.3 Å². The minimum absolute atomic E-state index is 0.0664. The van der Waals surface area contributed by atoms with Crippen LogP contribution in [0.15, 0.2) is 42.5 Å². The number of allylic oxidation sites excluding steroid dienone is 2. The molecule has 4 rings (SSSR count). The molecule has 0 unspecified atom stereocenters. The number of ether oxygens (including phenoxy) is 1. The summed E-state index contributed by atoms with van der Waals surface area (Å²) in [5.74, 6) is -5.09. The average Bonchev–Trinajstić information content (AvgIpc) is 2.83. The van der Waals surface area contributed by atoms with Gasteiger partial charge in [-0.3, -0.25) is 0 Å². The first-order chi connectivity index (χ1) is 16.3. The second-order valence-corrected chi connectivity index (χ2v) is 8.51. The van der Waals surface area contributed by atoms with E-state index in [-0.39, 0.29) is 28.9 Å². The van der Waals surface area contributed by atoms with Gasteiger partial charge in [-0.1, -0.05) is 38.0 Å². The SMILES string of the molecule is CCCCCc1ccc(C2=CCc3cc(-c4ccc(OC)c(F)c4F)c(F)cc3C2)c(F)c1F. The summed E-state index contributed by atoms with van der Waals surface area (Å²) in [6, 6.07) is 8.45. The Kier molecular flexibility index (Phi) is 7.05. The zero-order valence-electron chi connectivity index (χ0n) is 19.1. The standard InChI is InChI=1S/C28H25F5O/c1-3-4-5-6-16-9-10-20(26(31)25(16)30)18-8-7-17-14-22(23(29)15-19(17)13-18)21-11-12-24(34-2)28(33)27(21)32/h8-12,14-15H,3-7,13H2,1-2H3. The van der Waals surface area contributed by atoms with Gasteiger partial charge in [0.05, 0.1) is 7.11 Å². The molecule has 1 aliphatic rings. The van der Waals surface area contributed by atoms with E-state index in [0.29, 0.717) is 35.1 Å². The Morgan fingerprint density at radius 3 is 2.24 bits per heavy atom. The Labute approximate surface area is 195 Å². The van der Waals surface area contributed by atoms with Gasteiger partial charge in [0.2, 0.25) is 5.82 Å². The number of unbranched alkanes of at least 4 members (excludes halogenated alkanes) is 2. The van der Waals surface area contributed by atoms with Crippen molar-refractivity contribution >= 4 is 5.57 Å². The smallest absolute Gasteiger partial charge is 0.201 e. The molecule has 178 valence electrons. The number of benzene rings is 3. The first kappa shape index (κ1) is 24.0. The number of hydrogen-bond acceptors (Lipinski definition) is 1. The van der Waals surface area contributed by atoms with Crippen molar-refractivity contribution < 1.29 is 26.7 Å². The average molecular weight is 472 g/mol. The predicted octanol–water partition coefficient (Wildman–Crippen LogP) is 7.97. The molecule has 0 saturated heterocycles. The first-order valence-corrected chi connectivity index (χ1v) is 11.4. The lowest BCUT2D eigenvalue weighted by Gasteiger charge is -2.20. The molecule has 3 aromatic rings. The second-order valence-electron chi connectivity index (χ2n) is 8.51. The van der Waals surface area contributed by atoms with Crippen molar-refractivity contribution in [2.45, 2.75) is 45.4 Å². The fourth-order valence-electron chi connectivity index (χ4n) is 4.43. The van der Waals surface area contributed by atoms with Crippen LogP contribution in [-0.4, -0.2) is 7.11 Å². The van der Waals surface area contributed by atoms with Crippen molar-refractivity contribution in [2.75, 3.05) is 7.11 Å². The lowest BCUT2D eigenvalue weighted by molar-refractivity contribution is 0.372. The Morgan fingerprint density at radius 2 is 1.50 bits per heavy atom. The van der Waals surface area contributed by atoms with Gasteiger partial charge in [-0.05, 0) is 72.2 Å². The van der Waals surface area contributed by atoms with E-state index < -0.39 is 29.1 Å². The monoisotopic (exact) mass is 472 g/mol. The lowest BCUT2D eigenvalue weighted by atomic mass is 9.85. The molecule has 0 aromatic heterocycles. The molecule has 0 bridgehead atoms. The van der Waals surface area contributed by atoms with Gasteiger partial charge in [0.15, 0.2) is 23.2 Å². The number of methoxy groups -OCH3 is 1. The first-order valence-electron chi connectivity index (χ1n) is 11.4. The van der Waals surface area contributed by atoms with Gasteiger partial charge in [0.1, 0.15) is 5.82 Å². The van der Waals surface area contributed by atoms with Crippen molar-refractivity contribution in [2.24, 2.45) is 0 Å². The van der Waals surface area contributed by atoms with Crippen LogP contribution in [0.1, 0.15) is 48.4 Å². The number of fused-ring (bicyclic) bond motifs is 1. The zero-order chi connectivity index (χ0) is 24.4. The topological polar surface area (TPSA) is 9.23 Å². The summed E-state index contributed by atoms with van der Waals surface area (Å²) in [5.41, 5.74) is 2.13. The van der Waals surface area contributed by atoms with Crippen LogP contribution in [0.2, 0.25) is 0 Å². The van der Waals surface area contributed by atoms with Crippen LogP contribution in [0.5, 0.6) is 5.75 Å². The van der Waals surface area contributed by atoms with Gasteiger partial charge in [-0.2, -0.15) is 4.39 Å². The molecule has 6 heteroatoms. The third-order valence-electron chi connectivity index (χ3n) is 6.35. The predicted molar refractivity (Wildman–Crippen MR) is 123 cm³/mol. The second kappa shape index (κ2) is 10.00. The molecule has 34 heavy (non-hydrogen) atoms. The number of hydrogen-bond donors (Lipinski definition) is 0. The molecular weight excluding hydrogens is 447 g/mol. The summed E-state index contributed by atoms with van der Waals surface area (Å²) in [7, 11) is 1.22. The van der Waals surface area contributed by atoms with E-state index in [1.54, 1.807) is 18.2 Å². The quantitative estimate of drug-likeness (QED) is 0.250. The van der Waals surface area contributed by atoms with Crippen LogP contribution in [-0.2, 0) is 19.3 Å². The minimum atomic E-state index is -1.19. The van der Waals surface area contributed by atoms with Gasteiger partial charge in [-0.25, -0.2) is 17.6 Å². The zero-order valence-corrected chi connectivity index (χ0v) is 19.1. The summed E-state index contributed by atoms with van der Waals surface area (Å²) < 4.78 is 77.9. The van der Waals surface area contributed by atoms with E-state index in [4.69, 9.17) is 4.74 Å². The van der Waals surface area contributed by atoms with E-state index in [2.05, 4.69) is 0 Å². The van der Waals surface area contributed by atoms with Crippen molar-refractivity contribution in [3.63, 3.8) is 0 Å². The Hall–Kier alpha value is -3.15. The normalized spacial score (nSPS) is 13.0. The van der Waals surface area contributed by atoms with Crippen molar-refractivity contribution in [3.8, 4) is 16.9 Å². The lowest BCUT2D eigenvalue weighted by Crippen LogP contribution is -2.08. The molecule has 0 N–H and O–H groups in total. The summed E-state index contributed by atoms with van der Waals surface area (Å²) in [6.45, 7) is 2.05. The largest absolute Gasteiger partial charge is 0.494 e. The fraction of sp³-hybridized carbons (Fsp3) is 0.286. The maximum atomic E-state index is 15.0. The Bertz CT molecular complexity index is 1260. The number of rotatable bonds is 7. The molecule has 3 aromatic carbocycles. The molecule has 0 spiro atoms. The Balaban J connectivity index is 1.63. The van der Waals surface area contributed by atoms with Crippen LogP contribution in [0, 0.1) is 29.1 Å². The molecule has 0 heterocycles.